The number of aromatic nitrogens is 3. The largest absolute Gasteiger partial charge is 0.476 e. The summed E-state index contributed by atoms with van der Waals surface area (Å²) in [7, 11) is 1.63. The molecule has 1 aromatic carbocycles. The van der Waals surface area contributed by atoms with Crippen LogP contribution in [0.1, 0.15) is 16.1 Å². The Morgan fingerprint density at radius 3 is 2.94 bits per heavy atom. The molecule has 0 spiro atoms. The molecular formula is C12H13N3O3. The number of ether oxygens (including phenoxy) is 1. The predicted octanol–water partition coefficient (Wildman–Crippen LogP) is 1.15. The van der Waals surface area contributed by atoms with Crippen LogP contribution in [-0.4, -0.2) is 39.8 Å². The second kappa shape index (κ2) is 5.42. The Morgan fingerprint density at radius 1 is 1.44 bits per heavy atom. The minimum absolute atomic E-state index is 0.0415. The van der Waals surface area contributed by atoms with E-state index < -0.39 is 5.97 Å². The van der Waals surface area contributed by atoms with E-state index in [0.717, 1.165) is 5.56 Å². The van der Waals surface area contributed by atoms with Gasteiger partial charge in [0.1, 0.15) is 0 Å². The molecule has 0 aliphatic carbocycles. The number of hydrogen-bond acceptors (Lipinski definition) is 4. The van der Waals surface area contributed by atoms with Crippen LogP contribution < -0.4 is 0 Å². The summed E-state index contributed by atoms with van der Waals surface area (Å²) in [5.74, 6) is -1.05. The SMILES string of the molecule is COCCc1ccccc1-n1nncc1C(=O)O. The van der Waals surface area contributed by atoms with Gasteiger partial charge in [0, 0.05) is 7.11 Å². The van der Waals surface area contributed by atoms with Gasteiger partial charge in [0.2, 0.25) is 0 Å². The van der Waals surface area contributed by atoms with Gasteiger partial charge in [-0.3, -0.25) is 0 Å². The van der Waals surface area contributed by atoms with Crippen molar-refractivity contribution in [1.82, 2.24) is 15.0 Å². The molecule has 0 amide bonds. The van der Waals surface area contributed by atoms with Crippen LogP contribution in [0.3, 0.4) is 0 Å². The van der Waals surface area contributed by atoms with E-state index in [1.54, 1.807) is 7.11 Å². The van der Waals surface area contributed by atoms with Gasteiger partial charge in [-0.15, -0.1) is 5.10 Å². The summed E-state index contributed by atoms with van der Waals surface area (Å²) in [6.45, 7) is 0.564. The van der Waals surface area contributed by atoms with E-state index in [1.165, 1.54) is 10.9 Å². The standard InChI is InChI=1S/C12H13N3O3/c1-18-7-6-9-4-2-3-5-10(9)15-11(12(16)17)8-13-14-15/h2-5,8H,6-7H2,1H3,(H,16,17). The molecule has 0 atom stereocenters. The number of hydrogen-bond donors (Lipinski definition) is 1. The van der Waals surface area contributed by atoms with Crippen LogP contribution in [0.25, 0.3) is 5.69 Å². The van der Waals surface area contributed by atoms with Crippen molar-refractivity contribution in [2.24, 2.45) is 0 Å². The van der Waals surface area contributed by atoms with Crippen molar-refractivity contribution in [1.29, 1.82) is 0 Å². The summed E-state index contributed by atoms with van der Waals surface area (Å²) in [6, 6.07) is 7.46. The van der Waals surface area contributed by atoms with Gasteiger partial charge < -0.3 is 9.84 Å². The monoisotopic (exact) mass is 247 g/mol. The lowest BCUT2D eigenvalue weighted by Crippen LogP contribution is -2.10. The van der Waals surface area contributed by atoms with Crippen LogP contribution in [0, 0.1) is 0 Å². The maximum absolute atomic E-state index is 11.1. The Balaban J connectivity index is 2.43. The van der Waals surface area contributed by atoms with E-state index in [-0.39, 0.29) is 5.69 Å². The van der Waals surface area contributed by atoms with E-state index in [9.17, 15) is 4.79 Å². The molecule has 0 bridgehead atoms. The second-order valence-corrected chi connectivity index (χ2v) is 3.71. The van der Waals surface area contributed by atoms with Crippen LogP contribution in [0.15, 0.2) is 30.5 Å². The molecule has 18 heavy (non-hydrogen) atoms. The van der Waals surface area contributed by atoms with Crippen LogP contribution in [0.2, 0.25) is 0 Å². The summed E-state index contributed by atoms with van der Waals surface area (Å²) in [5, 5.41) is 16.5. The molecule has 2 rings (SSSR count). The fourth-order valence-corrected chi connectivity index (χ4v) is 1.70. The molecule has 2 aromatic rings. The molecule has 1 heterocycles. The number of aromatic carboxylic acids is 1. The first-order valence-electron chi connectivity index (χ1n) is 5.45. The third-order valence-corrected chi connectivity index (χ3v) is 2.56. The normalized spacial score (nSPS) is 10.5. The number of carbonyl (C=O) groups is 1. The molecule has 6 heteroatoms. The van der Waals surface area contributed by atoms with Gasteiger partial charge in [0.25, 0.3) is 0 Å². The molecule has 0 saturated heterocycles. The highest BCUT2D eigenvalue weighted by Crippen LogP contribution is 2.16. The maximum atomic E-state index is 11.1. The third-order valence-electron chi connectivity index (χ3n) is 2.56. The Bertz CT molecular complexity index is 551. The molecule has 0 radical (unpaired) electrons. The minimum atomic E-state index is -1.05. The number of carboxylic acids is 1. The second-order valence-electron chi connectivity index (χ2n) is 3.71. The van der Waals surface area contributed by atoms with Crippen molar-refractivity contribution in [2.75, 3.05) is 13.7 Å². The first-order chi connectivity index (χ1) is 8.74. The smallest absolute Gasteiger partial charge is 0.356 e. The zero-order valence-electron chi connectivity index (χ0n) is 9.91. The Kier molecular flexibility index (Phi) is 3.69. The molecule has 0 aliphatic rings. The number of benzene rings is 1. The average molecular weight is 247 g/mol. The molecule has 0 unspecified atom stereocenters. The van der Waals surface area contributed by atoms with E-state index in [0.29, 0.717) is 18.7 Å². The van der Waals surface area contributed by atoms with Crippen LogP contribution in [0.5, 0.6) is 0 Å². The topological polar surface area (TPSA) is 77.2 Å². The quantitative estimate of drug-likeness (QED) is 0.857. The van der Waals surface area contributed by atoms with E-state index in [1.807, 2.05) is 24.3 Å². The van der Waals surface area contributed by atoms with Gasteiger partial charge in [-0.05, 0) is 18.1 Å². The molecule has 1 N–H and O–H groups in total. The highest BCUT2D eigenvalue weighted by Gasteiger charge is 2.15. The van der Waals surface area contributed by atoms with E-state index in [2.05, 4.69) is 10.3 Å². The van der Waals surface area contributed by atoms with Gasteiger partial charge in [0.05, 0.1) is 18.5 Å². The molecule has 0 fully saturated rings. The van der Waals surface area contributed by atoms with Gasteiger partial charge in [-0.1, -0.05) is 23.4 Å². The lowest BCUT2D eigenvalue weighted by molar-refractivity contribution is 0.0687. The van der Waals surface area contributed by atoms with E-state index >= 15 is 0 Å². The summed E-state index contributed by atoms with van der Waals surface area (Å²) in [5.41, 5.74) is 1.72. The summed E-state index contributed by atoms with van der Waals surface area (Å²) >= 11 is 0. The molecule has 0 aliphatic heterocycles. The van der Waals surface area contributed by atoms with E-state index in [4.69, 9.17) is 9.84 Å². The Morgan fingerprint density at radius 2 is 2.22 bits per heavy atom. The predicted molar refractivity (Wildman–Crippen MR) is 63.9 cm³/mol. The fraction of sp³-hybridized carbons (Fsp3) is 0.250. The maximum Gasteiger partial charge on any atom is 0.356 e. The van der Waals surface area contributed by atoms with Gasteiger partial charge in [-0.25, -0.2) is 9.48 Å². The van der Waals surface area contributed by atoms with Crippen LogP contribution >= 0.6 is 0 Å². The highest BCUT2D eigenvalue weighted by atomic mass is 16.5. The molecular weight excluding hydrogens is 234 g/mol. The lowest BCUT2D eigenvalue weighted by atomic mass is 10.1. The van der Waals surface area contributed by atoms with Crippen molar-refractivity contribution < 1.29 is 14.6 Å². The molecule has 94 valence electrons. The Labute approximate surface area is 104 Å². The first kappa shape index (κ1) is 12.3. The van der Waals surface area contributed by atoms with Crippen molar-refractivity contribution in [2.45, 2.75) is 6.42 Å². The minimum Gasteiger partial charge on any atom is -0.476 e. The van der Waals surface area contributed by atoms with Gasteiger partial charge in [0.15, 0.2) is 5.69 Å². The fourth-order valence-electron chi connectivity index (χ4n) is 1.70. The number of carboxylic acid groups (broad SMARTS) is 1. The first-order valence-corrected chi connectivity index (χ1v) is 5.45. The third kappa shape index (κ3) is 2.38. The van der Waals surface area contributed by atoms with Crippen LogP contribution in [-0.2, 0) is 11.2 Å². The molecule has 0 saturated carbocycles. The number of nitrogens with zero attached hydrogens (tertiary/aromatic N) is 3. The molecule has 6 nitrogen and oxygen atoms in total. The number of para-hydroxylation sites is 1. The van der Waals surface area contributed by atoms with Crippen molar-refractivity contribution in [3.05, 3.63) is 41.7 Å². The van der Waals surface area contributed by atoms with Crippen molar-refractivity contribution >= 4 is 5.97 Å². The molecule has 1 aromatic heterocycles. The Hall–Kier alpha value is -2.21. The van der Waals surface area contributed by atoms with Crippen LogP contribution in [0.4, 0.5) is 0 Å². The number of methoxy groups -OCH3 is 1. The average Bonchev–Trinajstić information content (AvgIpc) is 2.86. The van der Waals surface area contributed by atoms with Crippen molar-refractivity contribution in [3.8, 4) is 5.69 Å². The lowest BCUT2D eigenvalue weighted by Gasteiger charge is -2.09. The summed E-state index contributed by atoms with van der Waals surface area (Å²) < 4.78 is 6.36. The summed E-state index contributed by atoms with van der Waals surface area (Å²) in [4.78, 5) is 11.1. The van der Waals surface area contributed by atoms with Gasteiger partial charge in [-0.2, -0.15) is 0 Å². The number of rotatable bonds is 5. The van der Waals surface area contributed by atoms with Crippen molar-refractivity contribution in [3.63, 3.8) is 0 Å². The zero-order valence-corrected chi connectivity index (χ0v) is 9.91. The highest BCUT2D eigenvalue weighted by molar-refractivity contribution is 5.85. The van der Waals surface area contributed by atoms with Gasteiger partial charge >= 0.3 is 5.97 Å². The summed E-state index contributed by atoms with van der Waals surface area (Å²) in [6.07, 6.45) is 1.92. The zero-order chi connectivity index (χ0) is 13.0.